The van der Waals surface area contributed by atoms with Crippen molar-refractivity contribution >= 4 is 5.71 Å². The van der Waals surface area contributed by atoms with E-state index in [1.807, 2.05) is 6.08 Å². The van der Waals surface area contributed by atoms with Crippen molar-refractivity contribution in [2.24, 2.45) is 21.9 Å². The van der Waals surface area contributed by atoms with Gasteiger partial charge in [-0.05, 0) is 18.3 Å². The van der Waals surface area contributed by atoms with Crippen molar-refractivity contribution in [3.05, 3.63) is 11.8 Å². The summed E-state index contributed by atoms with van der Waals surface area (Å²) in [4.78, 5) is 0. The zero-order valence-electron chi connectivity index (χ0n) is 9.87. The van der Waals surface area contributed by atoms with E-state index in [0.29, 0.717) is 5.92 Å². The van der Waals surface area contributed by atoms with Crippen LogP contribution in [-0.2, 0) is 4.74 Å². The van der Waals surface area contributed by atoms with Crippen LogP contribution < -0.4 is 0 Å². The molecule has 15 heavy (non-hydrogen) atoms. The Morgan fingerprint density at radius 1 is 1.47 bits per heavy atom. The number of allylic oxidation sites excluding steroid dienone is 2. The summed E-state index contributed by atoms with van der Waals surface area (Å²) in [6.45, 7) is 6.66. The number of ether oxygens (including phenoxy) is 1. The maximum absolute atomic E-state index is 9.11. The molecular weight excluding hydrogens is 190 g/mol. The molecule has 1 fully saturated rings. The molecule has 0 aromatic rings. The molecule has 3 nitrogen and oxygen atoms in total. The number of hydrogen-bond donors (Lipinski definition) is 1. The fourth-order valence-electron chi connectivity index (χ4n) is 3.19. The summed E-state index contributed by atoms with van der Waals surface area (Å²) in [5, 5.41) is 12.6. The van der Waals surface area contributed by atoms with Crippen LogP contribution in [0.4, 0.5) is 0 Å². The van der Waals surface area contributed by atoms with Gasteiger partial charge in [0.2, 0.25) is 0 Å². The zero-order valence-corrected chi connectivity index (χ0v) is 9.87. The van der Waals surface area contributed by atoms with Crippen LogP contribution in [0.25, 0.3) is 0 Å². The third-order valence-corrected chi connectivity index (χ3v) is 4.76. The Kier molecular flexibility index (Phi) is 2.11. The van der Waals surface area contributed by atoms with E-state index in [4.69, 9.17) is 9.94 Å². The second-order valence-electron chi connectivity index (χ2n) is 5.38. The minimum Gasteiger partial charge on any atom is -0.501 e. The number of hydrogen-bond acceptors (Lipinski definition) is 3. The molecule has 0 heterocycles. The first-order valence-corrected chi connectivity index (χ1v) is 5.45. The number of rotatable bonds is 1. The number of methoxy groups -OCH3 is 1. The first-order chi connectivity index (χ1) is 6.97. The molecule has 2 rings (SSSR count). The van der Waals surface area contributed by atoms with Crippen molar-refractivity contribution in [2.45, 2.75) is 33.6 Å². The molecule has 84 valence electrons. The SMILES string of the molecule is COC1=C/C(=N/O)[C@@]2(C)CC[C@H]1C2(C)C. The Hall–Kier alpha value is -0.990. The Balaban J connectivity index is 2.57. The van der Waals surface area contributed by atoms with Gasteiger partial charge in [-0.3, -0.25) is 0 Å². The lowest BCUT2D eigenvalue weighted by molar-refractivity contribution is 0.111. The van der Waals surface area contributed by atoms with Gasteiger partial charge in [0.15, 0.2) is 0 Å². The van der Waals surface area contributed by atoms with E-state index in [1.54, 1.807) is 7.11 Å². The van der Waals surface area contributed by atoms with Crippen LogP contribution in [0.1, 0.15) is 33.6 Å². The summed E-state index contributed by atoms with van der Waals surface area (Å²) in [6.07, 6.45) is 4.08. The van der Waals surface area contributed by atoms with Gasteiger partial charge in [-0.1, -0.05) is 25.9 Å². The number of fused-ring (bicyclic) bond motifs is 2. The lowest BCUT2D eigenvalue weighted by Crippen LogP contribution is -2.44. The van der Waals surface area contributed by atoms with Crippen molar-refractivity contribution in [1.82, 2.24) is 0 Å². The Morgan fingerprint density at radius 3 is 2.67 bits per heavy atom. The largest absolute Gasteiger partial charge is 0.501 e. The topological polar surface area (TPSA) is 41.8 Å². The average Bonchev–Trinajstić information content (AvgIpc) is 2.37. The number of nitrogens with zero attached hydrogens (tertiary/aromatic N) is 1. The molecule has 1 saturated carbocycles. The van der Waals surface area contributed by atoms with Crippen LogP contribution in [0.2, 0.25) is 0 Å². The molecule has 2 aliphatic rings. The molecule has 2 atom stereocenters. The molecule has 0 aliphatic heterocycles. The summed E-state index contributed by atoms with van der Waals surface area (Å²) in [5.74, 6) is 1.42. The van der Waals surface area contributed by atoms with Gasteiger partial charge >= 0.3 is 0 Å². The highest BCUT2D eigenvalue weighted by Gasteiger charge is 2.58. The summed E-state index contributed by atoms with van der Waals surface area (Å²) in [6, 6.07) is 0. The van der Waals surface area contributed by atoms with E-state index in [0.717, 1.165) is 24.3 Å². The third kappa shape index (κ3) is 1.09. The minimum absolute atomic E-state index is 0.0194. The van der Waals surface area contributed by atoms with E-state index < -0.39 is 0 Å². The summed E-state index contributed by atoms with van der Waals surface area (Å²) < 4.78 is 5.40. The molecule has 0 spiro atoms. The minimum atomic E-state index is -0.0194. The summed E-state index contributed by atoms with van der Waals surface area (Å²) in [5.41, 5.74) is 0.849. The van der Waals surface area contributed by atoms with Gasteiger partial charge in [0, 0.05) is 17.4 Å². The summed E-state index contributed by atoms with van der Waals surface area (Å²) >= 11 is 0. The predicted molar refractivity (Wildman–Crippen MR) is 58.9 cm³/mol. The van der Waals surface area contributed by atoms with Gasteiger partial charge in [-0.15, -0.1) is 0 Å². The molecule has 0 unspecified atom stereocenters. The first-order valence-electron chi connectivity index (χ1n) is 5.45. The van der Waals surface area contributed by atoms with Gasteiger partial charge in [-0.25, -0.2) is 0 Å². The lowest BCUT2D eigenvalue weighted by atomic mass is 9.60. The Bertz CT molecular complexity index is 344. The summed E-state index contributed by atoms with van der Waals surface area (Å²) in [7, 11) is 1.69. The van der Waals surface area contributed by atoms with E-state index >= 15 is 0 Å². The van der Waals surface area contributed by atoms with Crippen LogP contribution in [0.5, 0.6) is 0 Å². The van der Waals surface area contributed by atoms with Crippen molar-refractivity contribution < 1.29 is 9.94 Å². The van der Waals surface area contributed by atoms with E-state index in [-0.39, 0.29) is 10.8 Å². The monoisotopic (exact) mass is 209 g/mol. The van der Waals surface area contributed by atoms with Gasteiger partial charge in [-0.2, -0.15) is 0 Å². The molecule has 2 bridgehead atoms. The van der Waals surface area contributed by atoms with Crippen molar-refractivity contribution in [1.29, 1.82) is 0 Å². The van der Waals surface area contributed by atoms with Crippen LogP contribution in [0.3, 0.4) is 0 Å². The Labute approximate surface area is 90.8 Å². The molecule has 0 radical (unpaired) electrons. The fraction of sp³-hybridized carbons (Fsp3) is 0.750. The van der Waals surface area contributed by atoms with Gasteiger partial charge in [0.05, 0.1) is 12.8 Å². The quantitative estimate of drug-likeness (QED) is 0.533. The van der Waals surface area contributed by atoms with Crippen molar-refractivity contribution in [3.63, 3.8) is 0 Å². The first kappa shape index (κ1) is 10.5. The molecule has 2 aliphatic carbocycles. The number of oxime groups is 1. The van der Waals surface area contributed by atoms with Crippen LogP contribution in [0.15, 0.2) is 17.0 Å². The van der Waals surface area contributed by atoms with Gasteiger partial charge in [0.1, 0.15) is 5.76 Å². The second kappa shape index (κ2) is 3.00. The molecule has 0 saturated heterocycles. The van der Waals surface area contributed by atoms with Gasteiger partial charge < -0.3 is 9.94 Å². The van der Waals surface area contributed by atoms with E-state index in [9.17, 15) is 0 Å². The normalized spacial score (nSPS) is 40.4. The molecule has 3 heteroatoms. The fourth-order valence-corrected chi connectivity index (χ4v) is 3.19. The Morgan fingerprint density at radius 2 is 2.13 bits per heavy atom. The van der Waals surface area contributed by atoms with Crippen LogP contribution in [-0.4, -0.2) is 18.0 Å². The van der Waals surface area contributed by atoms with Crippen molar-refractivity contribution in [3.8, 4) is 0 Å². The van der Waals surface area contributed by atoms with Crippen LogP contribution >= 0.6 is 0 Å². The molecule has 1 N–H and O–H groups in total. The molecule has 0 aromatic carbocycles. The molecular formula is C12H19NO2. The van der Waals surface area contributed by atoms with E-state index in [1.165, 1.54) is 0 Å². The highest BCUT2D eigenvalue weighted by molar-refractivity contribution is 6.01. The lowest BCUT2D eigenvalue weighted by Gasteiger charge is -2.44. The van der Waals surface area contributed by atoms with Crippen LogP contribution in [0, 0.1) is 16.7 Å². The standard InChI is InChI=1S/C12H19NO2/c1-11(2)8-5-6-12(11,3)10(13-14)7-9(8)15-4/h7-8,14H,5-6H2,1-4H3/b13-10-/t8-,12-/m1/s1. The van der Waals surface area contributed by atoms with Gasteiger partial charge in [0.25, 0.3) is 0 Å². The smallest absolute Gasteiger partial charge is 0.101 e. The average molecular weight is 209 g/mol. The molecule has 0 amide bonds. The van der Waals surface area contributed by atoms with Crippen molar-refractivity contribution in [2.75, 3.05) is 7.11 Å². The highest BCUT2D eigenvalue weighted by Crippen LogP contribution is 2.61. The second-order valence-corrected chi connectivity index (χ2v) is 5.38. The third-order valence-electron chi connectivity index (χ3n) is 4.76. The highest BCUT2D eigenvalue weighted by atomic mass is 16.5. The predicted octanol–water partition coefficient (Wildman–Crippen LogP) is 2.80. The van der Waals surface area contributed by atoms with E-state index in [2.05, 4.69) is 25.9 Å². The maximum atomic E-state index is 9.11. The molecule has 0 aromatic heterocycles. The maximum Gasteiger partial charge on any atom is 0.101 e. The zero-order chi connectivity index (χ0) is 11.3.